The molecule has 0 aliphatic rings. The molecule has 2 aromatic heterocycles. The third kappa shape index (κ3) is 2.82. The Kier molecular flexibility index (Phi) is 4.35. The lowest BCUT2D eigenvalue weighted by Crippen LogP contribution is -2.02. The molecule has 0 saturated carbocycles. The van der Waals surface area contributed by atoms with Crippen LogP contribution in [0, 0.1) is 0 Å². The molecule has 2 heterocycles. The van der Waals surface area contributed by atoms with Gasteiger partial charge in [-0.05, 0) is 11.5 Å². The van der Waals surface area contributed by atoms with Crippen molar-refractivity contribution in [3.8, 4) is 5.95 Å². The molecule has 0 atom stereocenters. The van der Waals surface area contributed by atoms with Gasteiger partial charge in [-0.1, -0.05) is 13.8 Å². The third-order valence-corrected chi connectivity index (χ3v) is 2.66. The summed E-state index contributed by atoms with van der Waals surface area (Å²) in [5, 5.41) is 1.06. The lowest BCUT2D eigenvalue weighted by molar-refractivity contribution is 0.837. The van der Waals surface area contributed by atoms with Crippen molar-refractivity contribution in [2.24, 2.45) is 11.7 Å². The standard InChI is InChI=1S/C8H10N4S.H4N2/c1-6(2)7-10-8(11-13-7)12-4-3-9-5-12;1-2/h3-6H,1-2H3;1-2H2. The lowest BCUT2D eigenvalue weighted by atomic mass is 10.2. The highest BCUT2D eigenvalue weighted by molar-refractivity contribution is 7.05. The summed E-state index contributed by atoms with van der Waals surface area (Å²) in [5.74, 6) is 9.15. The van der Waals surface area contributed by atoms with Crippen molar-refractivity contribution in [1.82, 2.24) is 18.9 Å². The number of aromatic nitrogens is 4. The van der Waals surface area contributed by atoms with Crippen molar-refractivity contribution in [3.63, 3.8) is 0 Å². The van der Waals surface area contributed by atoms with Gasteiger partial charge in [0.2, 0.25) is 5.95 Å². The summed E-state index contributed by atoms with van der Waals surface area (Å²) in [7, 11) is 0. The summed E-state index contributed by atoms with van der Waals surface area (Å²) >= 11 is 1.45. The smallest absolute Gasteiger partial charge is 0.246 e. The summed E-state index contributed by atoms with van der Waals surface area (Å²) in [6.07, 6.45) is 5.26. The maximum Gasteiger partial charge on any atom is 0.246 e. The number of nitrogens with two attached hydrogens (primary N) is 2. The largest absolute Gasteiger partial charge is 0.274 e. The second-order valence-corrected chi connectivity index (χ2v) is 3.84. The number of rotatable bonds is 2. The van der Waals surface area contributed by atoms with Crippen LogP contribution in [0.15, 0.2) is 18.7 Å². The maximum absolute atomic E-state index is 4.38. The molecular formula is C8H14N6S. The molecule has 0 radical (unpaired) electrons. The quantitative estimate of drug-likeness (QED) is 0.579. The van der Waals surface area contributed by atoms with Crippen molar-refractivity contribution in [2.75, 3.05) is 0 Å². The van der Waals surface area contributed by atoms with Crippen LogP contribution in [-0.2, 0) is 0 Å². The van der Waals surface area contributed by atoms with Crippen molar-refractivity contribution < 1.29 is 0 Å². The van der Waals surface area contributed by atoms with E-state index in [4.69, 9.17) is 0 Å². The summed E-state index contributed by atoms with van der Waals surface area (Å²) < 4.78 is 6.04. The number of hydrazine groups is 1. The highest BCUT2D eigenvalue weighted by atomic mass is 32.1. The highest BCUT2D eigenvalue weighted by Crippen LogP contribution is 2.17. The summed E-state index contributed by atoms with van der Waals surface area (Å²) in [6.45, 7) is 4.22. The molecule has 0 aliphatic heterocycles. The fourth-order valence-corrected chi connectivity index (χ4v) is 1.59. The van der Waals surface area contributed by atoms with Crippen LogP contribution in [0.5, 0.6) is 0 Å². The lowest BCUT2D eigenvalue weighted by Gasteiger charge is -1.95. The Morgan fingerprint density at radius 1 is 1.40 bits per heavy atom. The Balaban J connectivity index is 0.000000531. The van der Waals surface area contributed by atoms with Crippen molar-refractivity contribution in [1.29, 1.82) is 0 Å². The molecule has 0 bridgehead atoms. The summed E-state index contributed by atoms with van der Waals surface area (Å²) in [4.78, 5) is 8.32. The van der Waals surface area contributed by atoms with Gasteiger partial charge in [0, 0.05) is 18.3 Å². The first-order valence-electron chi connectivity index (χ1n) is 4.42. The molecule has 15 heavy (non-hydrogen) atoms. The minimum absolute atomic E-state index is 0.440. The molecule has 82 valence electrons. The van der Waals surface area contributed by atoms with Gasteiger partial charge in [0.05, 0.1) is 0 Å². The van der Waals surface area contributed by atoms with E-state index in [2.05, 4.69) is 39.9 Å². The normalized spacial score (nSPS) is 9.93. The average Bonchev–Trinajstić information content (AvgIpc) is 2.91. The van der Waals surface area contributed by atoms with Crippen LogP contribution in [0.2, 0.25) is 0 Å². The number of nitrogens with zero attached hydrogens (tertiary/aromatic N) is 4. The number of imidazole rings is 1. The van der Waals surface area contributed by atoms with E-state index in [-0.39, 0.29) is 0 Å². The first-order valence-corrected chi connectivity index (χ1v) is 5.20. The Labute approximate surface area is 92.1 Å². The van der Waals surface area contributed by atoms with Gasteiger partial charge in [-0.25, -0.2) is 9.97 Å². The molecule has 0 spiro atoms. The van der Waals surface area contributed by atoms with Crippen LogP contribution in [0.4, 0.5) is 0 Å². The SMILES string of the molecule is CC(C)c1nc(-n2ccnc2)ns1.NN. The molecule has 0 saturated heterocycles. The van der Waals surface area contributed by atoms with Crippen molar-refractivity contribution >= 4 is 11.5 Å². The van der Waals surface area contributed by atoms with Gasteiger partial charge in [0.1, 0.15) is 11.3 Å². The zero-order valence-corrected chi connectivity index (χ0v) is 9.48. The molecule has 2 aromatic rings. The van der Waals surface area contributed by atoms with E-state index < -0.39 is 0 Å². The van der Waals surface area contributed by atoms with Gasteiger partial charge in [-0.3, -0.25) is 16.3 Å². The van der Waals surface area contributed by atoms with E-state index in [1.807, 2.05) is 10.8 Å². The fourth-order valence-electron chi connectivity index (χ4n) is 0.944. The highest BCUT2D eigenvalue weighted by Gasteiger charge is 2.07. The molecule has 0 aliphatic carbocycles. The van der Waals surface area contributed by atoms with Crippen LogP contribution in [0.1, 0.15) is 24.8 Å². The first kappa shape index (κ1) is 11.8. The van der Waals surface area contributed by atoms with Crippen molar-refractivity contribution in [2.45, 2.75) is 19.8 Å². The van der Waals surface area contributed by atoms with E-state index in [1.54, 1.807) is 12.5 Å². The second kappa shape index (κ2) is 5.54. The zero-order chi connectivity index (χ0) is 11.3. The Bertz CT molecular complexity index is 380. The molecular weight excluding hydrogens is 212 g/mol. The van der Waals surface area contributed by atoms with E-state index in [1.165, 1.54) is 11.5 Å². The Morgan fingerprint density at radius 2 is 2.13 bits per heavy atom. The maximum atomic E-state index is 4.38. The van der Waals surface area contributed by atoms with Crippen LogP contribution in [0.3, 0.4) is 0 Å². The van der Waals surface area contributed by atoms with Gasteiger partial charge in [-0.15, -0.1) is 0 Å². The molecule has 0 amide bonds. The molecule has 0 unspecified atom stereocenters. The van der Waals surface area contributed by atoms with Gasteiger partial charge in [0.25, 0.3) is 0 Å². The van der Waals surface area contributed by atoms with Gasteiger partial charge in [0.15, 0.2) is 0 Å². The fraction of sp³-hybridized carbons (Fsp3) is 0.375. The molecule has 6 nitrogen and oxygen atoms in total. The van der Waals surface area contributed by atoms with E-state index >= 15 is 0 Å². The average molecular weight is 226 g/mol. The second-order valence-electron chi connectivity index (χ2n) is 3.06. The molecule has 0 fully saturated rings. The topological polar surface area (TPSA) is 95.6 Å². The molecule has 0 aromatic carbocycles. The predicted molar refractivity (Wildman–Crippen MR) is 59.5 cm³/mol. The van der Waals surface area contributed by atoms with Crippen molar-refractivity contribution in [3.05, 3.63) is 23.7 Å². The summed E-state index contributed by atoms with van der Waals surface area (Å²) in [6, 6.07) is 0. The van der Waals surface area contributed by atoms with E-state index in [0.717, 1.165) is 5.01 Å². The zero-order valence-electron chi connectivity index (χ0n) is 8.66. The van der Waals surface area contributed by atoms with E-state index in [0.29, 0.717) is 11.9 Å². The molecule has 2 rings (SSSR count). The molecule has 7 heteroatoms. The van der Waals surface area contributed by atoms with Gasteiger partial charge in [-0.2, -0.15) is 4.37 Å². The van der Waals surface area contributed by atoms with E-state index in [9.17, 15) is 0 Å². The minimum Gasteiger partial charge on any atom is -0.274 e. The van der Waals surface area contributed by atoms with Gasteiger partial charge >= 0.3 is 0 Å². The first-order chi connectivity index (χ1) is 7.27. The third-order valence-electron chi connectivity index (χ3n) is 1.66. The van der Waals surface area contributed by atoms with Crippen LogP contribution in [0.25, 0.3) is 5.95 Å². The van der Waals surface area contributed by atoms with Crippen LogP contribution < -0.4 is 11.7 Å². The Morgan fingerprint density at radius 3 is 2.60 bits per heavy atom. The Hall–Kier alpha value is -1.31. The number of hydrogen-bond donors (Lipinski definition) is 2. The van der Waals surface area contributed by atoms with Gasteiger partial charge < -0.3 is 0 Å². The molecule has 4 N–H and O–H groups in total. The van der Waals surface area contributed by atoms with Crippen LogP contribution in [-0.4, -0.2) is 18.9 Å². The summed E-state index contributed by atoms with van der Waals surface area (Å²) in [5.41, 5.74) is 0. The number of hydrogen-bond acceptors (Lipinski definition) is 6. The predicted octanol–water partition coefficient (Wildman–Crippen LogP) is 0.666. The van der Waals surface area contributed by atoms with Crippen LogP contribution >= 0.6 is 11.5 Å². The monoisotopic (exact) mass is 226 g/mol. The minimum atomic E-state index is 0.440.